The third-order valence-corrected chi connectivity index (χ3v) is 7.32. The van der Waals surface area contributed by atoms with Gasteiger partial charge in [-0.1, -0.05) is 44.4 Å². The zero-order chi connectivity index (χ0) is 38.0. The summed E-state index contributed by atoms with van der Waals surface area (Å²) >= 11 is 0. The number of rotatable bonds is 17. The van der Waals surface area contributed by atoms with Gasteiger partial charge >= 0.3 is 35.9 Å². The zero-order valence-corrected chi connectivity index (χ0v) is 27.3. The highest BCUT2D eigenvalue weighted by atomic mass is 19.4. The maximum atomic E-state index is 14.9. The van der Waals surface area contributed by atoms with Crippen molar-refractivity contribution in [2.75, 3.05) is 13.2 Å². The summed E-state index contributed by atoms with van der Waals surface area (Å²) in [6.45, 7) is 2.55. The molecule has 0 heterocycles. The Kier molecular flexibility index (Phi) is 13.9. The summed E-state index contributed by atoms with van der Waals surface area (Å²) in [5.41, 5.74) is 0.129. The van der Waals surface area contributed by atoms with E-state index in [0.717, 1.165) is 49.9 Å². The third kappa shape index (κ3) is 10.6. The van der Waals surface area contributed by atoms with Gasteiger partial charge in [-0.3, -0.25) is 0 Å². The molecule has 0 amide bonds. The van der Waals surface area contributed by atoms with Crippen LogP contribution in [0.4, 0.5) is 39.5 Å². The molecule has 3 aromatic rings. The van der Waals surface area contributed by atoms with E-state index < -0.39 is 65.5 Å². The van der Waals surface area contributed by atoms with Gasteiger partial charge in [0.05, 0.1) is 30.4 Å². The Morgan fingerprint density at radius 2 is 1.39 bits per heavy atom. The fourth-order valence-electron chi connectivity index (χ4n) is 4.45. The van der Waals surface area contributed by atoms with Gasteiger partial charge in [-0.05, 0) is 73.4 Å². The number of ether oxygens (including phenoxy) is 4. The minimum Gasteiger partial charge on any atom is -0.493 e. The van der Waals surface area contributed by atoms with Crippen molar-refractivity contribution < 1.29 is 72.8 Å². The Balaban J connectivity index is 1.51. The van der Waals surface area contributed by atoms with Gasteiger partial charge in [-0.25, -0.2) is 23.2 Å². The average Bonchev–Trinajstić information content (AvgIpc) is 3.06. The Morgan fingerprint density at radius 1 is 0.725 bits per heavy atom. The first-order valence-corrected chi connectivity index (χ1v) is 15.6. The molecule has 1 atom stereocenters. The van der Waals surface area contributed by atoms with Crippen molar-refractivity contribution in [1.82, 2.24) is 0 Å². The van der Waals surface area contributed by atoms with Crippen molar-refractivity contribution in [3.8, 4) is 22.6 Å². The summed E-state index contributed by atoms with van der Waals surface area (Å²) in [4.78, 5) is 36.2. The molecule has 0 aromatic heterocycles. The van der Waals surface area contributed by atoms with E-state index in [0.29, 0.717) is 17.5 Å². The number of carbonyl (C=O) groups excluding carboxylic acids is 3. The van der Waals surface area contributed by atoms with Crippen LogP contribution in [0.15, 0.2) is 60.7 Å². The van der Waals surface area contributed by atoms with Gasteiger partial charge in [0.25, 0.3) is 0 Å². The van der Waals surface area contributed by atoms with E-state index in [1.165, 1.54) is 36.4 Å². The molecule has 7 nitrogen and oxygen atoms in total. The van der Waals surface area contributed by atoms with Crippen LogP contribution in [0.5, 0.6) is 11.5 Å². The number of benzene rings is 3. The minimum atomic E-state index is -6.68. The molecule has 0 spiro atoms. The molecule has 3 rings (SSSR count). The number of unbranched alkanes of at least 4 members (excludes halogenated alkanes) is 3. The molecular weight excluding hydrogens is 703 g/mol. The normalized spacial score (nSPS) is 12.6. The SMILES string of the molecule is CCCCCC[C@H](C)OC(=O)c1ccc(OC(=O)c2ccc(-c3ccc(OCCCOC(=O)C(F)(F)C(F)(F)C(F)(F)F)cc3)cc2F)c(F)c1. The summed E-state index contributed by atoms with van der Waals surface area (Å²) in [5, 5.41) is 0. The van der Waals surface area contributed by atoms with Crippen molar-refractivity contribution >= 4 is 17.9 Å². The molecule has 0 aliphatic rings. The molecule has 278 valence electrons. The van der Waals surface area contributed by atoms with E-state index in [1.54, 1.807) is 6.92 Å². The van der Waals surface area contributed by atoms with Crippen LogP contribution in [-0.4, -0.2) is 55.2 Å². The first kappa shape index (κ1) is 40.7. The topological polar surface area (TPSA) is 88.1 Å². The Bertz CT molecular complexity index is 1660. The second kappa shape index (κ2) is 17.4. The number of halogens is 9. The molecule has 16 heteroatoms. The second-order valence-corrected chi connectivity index (χ2v) is 11.3. The molecule has 0 fully saturated rings. The van der Waals surface area contributed by atoms with Crippen molar-refractivity contribution in [1.29, 1.82) is 0 Å². The van der Waals surface area contributed by atoms with Gasteiger partial charge in [-0.15, -0.1) is 0 Å². The number of hydrogen-bond donors (Lipinski definition) is 0. The lowest BCUT2D eigenvalue weighted by Gasteiger charge is -2.26. The van der Waals surface area contributed by atoms with Crippen LogP contribution in [0.3, 0.4) is 0 Å². The zero-order valence-electron chi connectivity index (χ0n) is 27.3. The summed E-state index contributed by atoms with van der Waals surface area (Å²) in [5.74, 6) is -20.2. The lowest BCUT2D eigenvalue weighted by molar-refractivity contribution is -0.348. The highest BCUT2D eigenvalue weighted by Crippen LogP contribution is 2.47. The Morgan fingerprint density at radius 3 is 2.00 bits per heavy atom. The molecule has 0 aliphatic heterocycles. The van der Waals surface area contributed by atoms with Crippen LogP contribution in [0.25, 0.3) is 11.1 Å². The summed E-state index contributed by atoms with van der Waals surface area (Å²) < 4.78 is 138. The van der Waals surface area contributed by atoms with E-state index in [9.17, 15) is 53.9 Å². The molecule has 0 saturated carbocycles. The lowest BCUT2D eigenvalue weighted by atomic mass is 10.0. The fourth-order valence-corrected chi connectivity index (χ4v) is 4.45. The van der Waals surface area contributed by atoms with Gasteiger partial charge in [-0.2, -0.15) is 30.7 Å². The average molecular weight is 737 g/mol. The fraction of sp³-hybridized carbons (Fsp3) is 0.400. The minimum absolute atomic E-state index is 0.0921. The molecule has 0 saturated heterocycles. The molecule has 0 unspecified atom stereocenters. The first-order chi connectivity index (χ1) is 23.9. The molecule has 0 bridgehead atoms. The maximum Gasteiger partial charge on any atom is 0.460 e. The van der Waals surface area contributed by atoms with E-state index in [-0.39, 0.29) is 30.4 Å². The smallest absolute Gasteiger partial charge is 0.460 e. The molecule has 51 heavy (non-hydrogen) atoms. The summed E-state index contributed by atoms with van der Waals surface area (Å²) in [7, 11) is 0. The predicted molar refractivity (Wildman–Crippen MR) is 164 cm³/mol. The van der Waals surface area contributed by atoms with Crippen LogP contribution in [0.1, 0.15) is 73.1 Å². The molecule has 0 radical (unpaired) electrons. The predicted octanol–water partition coefficient (Wildman–Crippen LogP) is 9.51. The lowest BCUT2D eigenvalue weighted by Crippen LogP contribution is -2.56. The van der Waals surface area contributed by atoms with Gasteiger partial charge < -0.3 is 18.9 Å². The van der Waals surface area contributed by atoms with Crippen LogP contribution in [0.2, 0.25) is 0 Å². The van der Waals surface area contributed by atoms with E-state index in [1.807, 2.05) is 0 Å². The summed E-state index contributed by atoms with van der Waals surface area (Å²) in [6.07, 6.45) is -2.72. The highest BCUT2D eigenvalue weighted by Gasteiger charge is 2.77. The number of alkyl halides is 7. The van der Waals surface area contributed by atoms with E-state index >= 15 is 0 Å². The third-order valence-electron chi connectivity index (χ3n) is 7.32. The van der Waals surface area contributed by atoms with E-state index in [2.05, 4.69) is 11.7 Å². The molecule has 0 aliphatic carbocycles. The van der Waals surface area contributed by atoms with Gasteiger partial charge in [0.1, 0.15) is 11.6 Å². The highest BCUT2D eigenvalue weighted by molar-refractivity contribution is 5.93. The standard InChI is InChI=1S/C35H33F9O7/c1-3-4-5-6-8-21(2)50-30(45)24-12-16-29(28(37)20-24)51-31(46)26-15-11-23(19-27(26)36)22-9-13-25(14-10-22)48-17-7-18-49-32(47)33(38,39)34(40,41)35(42,43)44/h9-16,19-21H,3-8,17-18H2,1-2H3/t21-/m0/s1. The van der Waals surface area contributed by atoms with Crippen LogP contribution < -0.4 is 9.47 Å². The van der Waals surface area contributed by atoms with Crippen molar-refractivity contribution in [2.45, 2.75) is 76.5 Å². The Hall–Kier alpha value is -4.76. The quantitative estimate of drug-likeness (QED) is 0.0591. The van der Waals surface area contributed by atoms with Crippen LogP contribution in [-0.2, 0) is 14.3 Å². The number of esters is 3. The monoisotopic (exact) mass is 736 g/mol. The molecule has 0 N–H and O–H groups in total. The number of hydrogen-bond acceptors (Lipinski definition) is 7. The maximum absolute atomic E-state index is 14.9. The van der Waals surface area contributed by atoms with Crippen molar-refractivity contribution in [2.24, 2.45) is 0 Å². The largest absolute Gasteiger partial charge is 0.493 e. The molecule has 3 aromatic carbocycles. The van der Waals surface area contributed by atoms with Gasteiger partial charge in [0, 0.05) is 6.42 Å². The Labute approximate surface area is 286 Å². The second-order valence-electron chi connectivity index (χ2n) is 11.3. The van der Waals surface area contributed by atoms with Crippen LogP contribution in [0, 0.1) is 11.6 Å². The van der Waals surface area contributed by atoms with Gasteiger partial charge in [0.2, 0.25) is 0 Å². The van der Waals surface area contributed by atoms with Crippen molar-refractivity contribution in [3.63, 3.8) is 0 Å². The first-order valence-electron chi connectivity index (χ1n) is 15.6. The van der Waals surface area contributed by atoms with E-state index in [4.69, 9.17) is 14.2 Å². The summed E-state index contributed by atoms with van der Waals surface area (Å²) in [6, 6.07) is 12.4. The number of carbonyl (C=O) groups is 3. The molecular formula is C35H33F9O7. The van der Waals surface area contributed by atoms with Crippen molar-refractivity contribution in [3.05, 3.63) is 83.4 Å². The van der Waals surface area contributed by atoms with Gasteiger partial charge in [0.15, 0.2) is 11.6 Å². The van der Waals surface area contributed by atoms with Crippen LogP contribution >= 0.6 is 0 Å².